The van der Waals surface area contributed by atoms with Crippen LogP contribution in [0.2, 0.25) is 0 Å². The molecule has 0 radical (unpaired) electrons. The summed E-state index contributed by atoms with van der Waals surface area (Å²) in [7, 11) is 0. The van der Waals surface area contributed by atoms with Gasteiger partial charge in [0.1, 0.15) is 22.3 Å². The van der Waals surface area contributed by atoms with Gasteiger partial charge in [-0.2, -0.15) is 0 Å². The average Bonchev–Trinajstić information content (AvgIpc) is 3.42. The Balaban J connectivity index is 1.71. The summed E-state index contributed by atoms with van der Waals surface area (Å²) in [6, 6.07) is 13.7. The van der Waals surface area contributed by atoms with E-state index in [0.717, 1.165) is 49.3 Å². The summed E-state index contributed by atoms with van der Waals surface area (Å²) in [5, 5.41) is 12.6. The molecule has 0 amide bonds. The van der Waals surface area contributed by atoms with Gasteiger partial charge in [-0.25, -0.2) is 15.0 Å². The fraction of sp³-hybridized carbons (Fsp3) is 0.136. The van der Waals surface area contributed by atoms with Crippen LogP contribution in [0.25, 0.3) is 32.2 Å². The molecule has 2 aromatic carbocycles. The Hall–Kier alpha value is -3.03. The molecule has 0 fully saturated rings. The predicted octanol–water partition coefficient (Wildman–Crippen LogP) is 5.65. The Labute approximate surface area is 176 Å². The number of aromatic hydroxyl groups is 1. The SMILES string of the molecule is Cc1csc(-c2nc(C)n(Cc3ccc(O)cc3)c2-c2ccc3ncsc3c2)n1. The molecule has 29 heavy (non-hydrogen) atoms. The van der Waals surface area contributed by atoms with Gasteiger partial charge >= 0.3 is 0 Å². The molecule has 5 aromatic rings. The zero-order chi connectivity index (χ0) is 20.0. The fourth-order valence-electron chi connectivity index (χ4n) is 3.45. The maximum absolute atomic E-state index is 9.61. The van der Waals surface area contributed by atoms with E-state index < -0.39 is 0 Å². The van der Waals surface area contributed by atoms with Crippen LogP contribution in [-0.2, 0) is 6.54 Å². The molecule has 1 N–H and O–H groups in total. The van der Waals surface area contributed by atoms with Crippen LogP contribution in [-0.4, -0.2) is 24.6 Å². The topological polar surface area (TPSA) is 63.8 Å². The van der Waals surface area contributed by atoms with E-state index in [9.17, 15) is 5.11 Å². The summed E-state index contributed by atoms with van der Waals surface area (Å²) in [4.78, 5) is 14.0. The summed E-state index contributed by atoms with van der Waals surface area (Å²) in [5.41, 5.74) is 8.04. The second-order valence-electron chi connectivity index (χ2n) is 6.94. The number of aromatic nitrogens is 4. The normalized spacial score (nSPS) is 11.4. The Bertz CT molecular complexity index is 1310. The number of hydrogen-bond donors (Lipinski definition) is 1. The van der Waals surface area contributed by atoms with Crippen molar-refractivity contribution in [3.63, 3.8) is 0 Å². The standard InChI is InChI=1S/C22H18N4OS2/c1-13-11-28-22(24-13)20-21(16-5-8-18-19(9-16)29-12-23-18)26(14(2)25-20)10-15-3-6-17(27)7-4-15/h3-9,11-12,27H,10H2,1-2H3. The number of hydrogen-bond acceptors (Lipinski definition) is 6. The zero-order valence-electron chi connectivity index (χ0n) is 16.0. The summed E-state index contributed by atoms with van der Waals surface area (Å²) in [6.07, 6.45) is 0. The van der Waals surface area contributed by atoms with Crippen LogP contribution >= 0.6 is 22.7 Å². The lowest BCUT2D eigenvalue weighted by molar-refractivity contribution is 0.475. The molecule has 3 aromatic heterocycles. The molecule has 7 heteroatoms. The van der Waals surface area contributed by atoms with Crippen molar-refractivity contribution in [1.82, 2.24) is 19.5 Å². The molecule has 0 aliphatic rings. The second-order valence-corrected chi connectivity index (χ2v) is 8.68. The van der Waals surface area contributed by atoms with Gasteiger partial charge in [-0.3, -0.25) is 0 Å². The molecule has 0 atom stereocenters. The van der Waals surface area contributed by atoms with E-state index in [1.165, 1.54) is 0 Å². The lowest BCUT2D eigenvalue weighted by Crippen LogP contribution is -2.04. The van der Waals surface area contributed by atoms with Gasteiger partial charge in [0.05, 0.1) is 21.4 Å². The van der Waals surface area contributed by atoms with Crippen LogP contribution in [0.15, 0.2) is 53.4 Å². The van der Waals surface area contributed by atoms with E-state index >= 15 is 0 Å². The van der Waals surface area contributed by atoms with Gasteiger partial charge in [-0.15, -0.1) is 22.7 Å². The van der Waals surface area contributed by atoms with Crippen LogP contribution < -0.4 is 0 Å². The molecule has 0 saturated carbocycles. The minimum Gasteiger partial charge on any atom is -0.508 e. The molecular formula is C22H18N4OS2. The molecule has 0 aliphatic carbocycles. The molecule has 5 nitrogen and oxygen atoms in total. The van der Waals surface area contributed by atoms with Gasteiger partial charge in [0, 0.05) is 23.2 Å². The largest absolute Gasteiger partial charge is 0.508 e. The fourth-order valence-corrected chi connectivity index (χ4v) is 4.95. The third kappa shape index (κ3) is 3.32. The average molecular weight is 419 g/mol. The van der Waals surface area contributed by atoms with E-state index in [4.69, 9.17) is 9.97 Å². The minimum absolute atomic E-state index is 0.269. The van der Waals surface area contributed by atoms with Crippen LogP contribution in [0.4, 0.5) is 0 Å². The number of phenols is 1. The zero-order valence-corrected chi connectivity index (χ0v) is 17.6. The lowest BCUT2D eigenvalue weighted by atomic mass is 10.1. The number of aryl methyl sites for hydroxylation is 2. The van der Waals surface area contributed by atoms with Crippen molar-refractivity contribution in [3.05, 3.63) is 70.4 Å². The molecule has 0 spiro atoms. The smallest absolute Gasteiger partial charge is 0.144 e. The van der Waals surface area contributed by atoms with E-state index in [1.807, 2.05) is 31.5 Å². The molecule has 0 aliphatic heterocycles. The maximum atomic E-state index is 9.61. The number of rotatable bonds is 4. The van der Waals surface area contributed by atoms with Crippen LogP contribution in [0, 0.1) is 13.8 Å². The van der Waals surface area contributed by atoms with Gasteiger partial charge in [-0.05, 0) is 43.7 Å². The third-order valence-electron chi connectivity index (χ3n) is 4.86. The first-order valence-electron chi connectivity index (χ1n) is 9.19. The maximum Gasteiger partial charge on any atom is 0.144 e. The van der Waals surface area contributed by atoms with E-state index in [1.54, 1.807) is 34.8 Å². The van der Waals surface area contributed by atoms with Crippen LogP contribution in [0.5, 0.6) is 5.75 Å². The van der Waals surface area contributed by atoms with E-state index in [-0.39, 0.29) is 5.75 Å². The highest BCUT2D eigenvalue weighted by Crippen LogP contribution is 2.36. The van der Waals surface area contributed by atoms with Gasteiger partial charge < -0.3 is 9.67 Å². The number of benzene rings is 2. The number of phenolic OH excluding ortho intramolecular Hbond substituents is 1. The van der Waals surface area contributed by atoms with Crippen molar-refractivity contribution in [3.8, 4) is 27.7 Å². The van der Waals surface area contributed by atoms with Crippen molar-refractivity contribution in [2.75, 3.05) is 0 Å². The van der Waals surface area contributed by atoms with Gasteiger partial charge in [-0.1, -0.05) is 18.2 Å². The quantitative estimate of drug-likeness (QED) is 0.409. The van der Waals surface area contributed by atoms with Crippen LogP contribution in [0.3, 0.4) is 0 Å². The number of imidazole rings is 1. The Kier molecular flexibility index (Phi) is 4.41. The van der Waals surface area contributed by atoms with Crippen molar-refractivity contribution in [1.29, 1.82) is 0 Å². The highest BCUT2D eigenvalue weighted by atomic mass is 32.1. The van der Waals surface area contributed by atoms with E-state index in [2.05, 4.69) is 33.1 Å². The van der Waals surface area contributed by atoms with Crippen molar-refractivity contribution < 1.29 is 5.11 Å². The molecule has 3 heterocycles. The predicted molar refractivity (Wildman–Crippen MR) is 119 cm³/mol. The van der Waals surface area contributed by atoms with Gasteiger partial charge in [0.25, 0.3) is 0 Å². The molecule has 144 valence electrons. The van der Waals surface area contributed by atoms with Gasteiger partial charge in [0.2, 0.25) is 0 Å². The van der Waals surface area contributed by atoms with Gasteiger partial charge in [0.15, 0.2) is 0 Å². The Morgan fingerprint density at radius 3 is 2.59 bits per heavy atom. The highest BCUT2D eigenvalue weighted by molar-refractivity contribution is 7.16. The molecule has 0 unspecified atom stereocenters. The van der Waals surface area contributed by atoms with Crippen molar-refractivity contribution >= 4 is 32.9 Å². The lowest BCUT2D eigenvalue weighted by Gasteiger charge is -2.12. The number of nitrogens with zero attached hydrogens (tertiary/aromatic N) is 4. The summed E-state index contributed by atoms with van der Waals surface area (Å²) < 4.78 is 3.37. The van der Waals surface area contributed by atoms with Crippen molar-refractivity contribution in [2.45, 2.75) is 20.4 Å². The van der Waals surface area contributed by atoms with Crippen LogP contribution in [0.1, 0.15) is 17.1 Å². The summed E-state index contributed by atoms with van der Waals surface area (Å²) in [6.45, 7) is 4.70. The molecule has 0 saturated heterocycles. The number of fused-ring (bicyclic) bond motifs is 1. The first-order chi connectivity index (χ1) is 14.1. The summed E-state index contributed by atoms with van der Waals surface area (Å²) in [5.74, 6) is 1.20. The van der Waals surface area contributed by atoms with Crippen molar-refractivity contribution in [2.24, 2.45) is 0 Å². The summed E-state index contributed by atoms with van der Waals surface area (Å²) >= 11 is 3.26. The highest BCUT2D eigenvalue weighted by Gasteiger charge is 2.21. The molecular weight excluding hydrogens is 400 g/mol. The molecule has 0 bridgehead atoms. The molecule has 5 rings (SSSR count). The number of thiazole rings is 2. The third-order valence-corrected chi connectivity index (χ3v) is 6.62. The van der Waals surface area contributed by atoms with E-state index in [0.29, 0.717) is 6.54 Å². The first-order valence-corrected chi connectivity index (χ1v) is 11.0. The Morgan fingerprint density at radius 1 is 1.00 bits per heavy atom. The monoisotopic (exact) mass is 418 g/mol. The first kappa shape index (κ1) is 18.0. The second kappa shape index (κ2) is 7.09. The minimum atomic E-state index is 0.269. The Morgan fingerprint density at radius 2 is 1.83 bits per heavy atom.